The summed E-state index contributed by atoms with van der Waals surface area (Å²) in [6.45, 7) is 6.46. The molecule has 1 N–H and O–H groups in total. The van der Waals surface area contributed by atoms with Crippen LogP contribution in [0.15, 0.2) is 0 Å². The first-order chi connectivity index (χ1) is 9.02. The van der Waals surface area contributed by atoms with Crippen molar-refractivity contribution in [1.82, 2.24) is 20.0 Å². The third-order valence-electron chi connectivity index (χ3n) is 2.61. The molecule has 2 heterocycles. The summed E-state index contributed by atoms with van der Waals surface area (Å²) in [6.07, 6.45) is 0. The first kappa shape index (κ1) is 13.4. The van der Waals surface area contributed by atoms with Crippen LogP contribution >= 0.6 is 11.3 Å². The van der Waals surface area contributed by atoms with E-state index >= 15 is 0 Å². The normalized spacial score (nSPS) is 10.7. The van der Waals surface area contributed by atoms with Gasteiger partial charge in [0.2, 0.25) is 5.13 Å². The van der Waals surface area contributed by atoms with Gasteiger partial charge in [0.15, 0.2) is 0 Å². The molecule has 2 rings (SSSR count). The second-order valence-corrected chi connectivity index (χ2v) is 5.03. The van der Waals surface area contributed by atoms with Crippen LogP contribution in [-0.4, -0.2) is 31.4 Å². The molecular weight excluding hydrogens is 268 g/mol. The molecule has 9 heteroatoms. The van der Waals surface area contributed by atoms with Crippen LogP contribution in [-0.2, 0) is 6.54 Å². The van der Waals surface area contributed by atoms with E-state index in [0.29, 0.717) is 17.9 Å². The molecule has 2 aromatic heterocycles. The molecule has 0 saturated heterocycles. The highest BCUT2D eigenvalue weighted by Gasteiger charge is 2.22. The Morgan fingerprint density at radius 3 is 2.74 bits per heavy atom. The fraction of sp³-hybridized carbons (Fsp3) is 0.500. The minimum Gasteiger partial charge on any atom is -0.360 e. The molecule has 0 saturated carbocycles. The number of nitro groups is 1. The van der Waals surface area contributed by atoms with E-state index in [1.165, 1.54) is 11.3 Å². The van der Waals surface area contributed by atoms with E-state index in [0.717, 1.165) is 16.7 Å². The molecule has 102 valence electrons. The van der Waals surface area contributed by atoms with Crippen LogP contribution in [0.25, 0.3) is 0 Å². The number of nitrogens with one attached hydrogen (secondary N) is 1. The Kier molecular flexibility index (Phi) is 3.74. The van der Waals surface area contributed by atoms with E-state index in [1.807, 2.05) is 6.92 Å². The summed E-state index contributed by atoms with van der Waals surface area (Å²) < 4.78 is 1.59. The Bertz CT molecular complexity index is 605. The molecule has 2 aromatic rings. The predicted octanol–water partition coefficient (Wildman–Crippen LogP) is 1.74. The van der Waals surface area contributed by atoms with Gasteiger partial charge in [-0.05, 0) is 20.8 Å². The molecule has 0 atom stereocenters. The third kappa shape index (κ3) is 2.70. The van der Waals surface area contributed by atoms with Gasteiger partial charge in [-0.3, -0.25) is 14.8 Å². The average Bonchev–Trinajstić information content (AvgIpc) is 2.86. The van der Waals surface area contributed by atoms with Crippen molar-refractivity contribution in [2.45, 2.75) is 27.3 Å². The molecule has 0 aliphatic rings. The van der Waals surface area contributed by atoms with Crippen molar-refractivity contribution in [2.75, 3.05) is 11.9 Å². The minimum absolute atomic E-state index is 0.0661. The molecule has 0 aromatic carbocycles. The molecule has 0 fully saturated rings. The van der Waals surface area contributed by atoms with Crippen LogP contribution in [0, 0.1) is 24.0 Å². The zero-order valence-corrected chi connectivity index (χ0v) is 11.7. The largest absolute Gasteiger partial charge is 0.360 e. The molecule has 0 spiro atoms. The van der Waals surface area contributed by atoms with Gasteiger partial charge in [0.1, 0.15) is 16.4 Å². The van der Waals surface area contributed by atoms with E-state index in [1.54, 1.807) is 18.5 Å². The summed E-state index contributed by atoms with van der Waals surface area (Å²) in [5, 5.41) is 27.7. The molecule has 0 aliphatic heterocycles. The molecule has 0 bridgehead atoms. The lowest BCUT2D eigenvalue weighted by Gasteiger charge is -1.99. The number of anilines is 1. The monoisotopic (exact) mass is 282 g/mol. The Morgan fingerprint density at radius 1 is 1.42 bits per heavy atom. The lowest BCUT2D eigenvalue weighted by Crippen LogP contribution is -2.04. The highest BCUT2D eigenvalue weighted by Crippen LogP contribution is 2.23. The fourth-order valence-corrected chi connectivity index (χ4v) is 2.56. The first-order valence-corrected chi connectivity index (χ1v) is 6.59. The number of aromatic nitrogens is 4. The summed E-state index contributed by atoms with van der Waals surface area (Å²) in [5.74, 6) is 0. The van der Waals surface area contributed by atoms with Crippen LogP contribution in [0.2, 0.25) is 0 Å². The van der Waals surface area contributed by atoms with Crippen LogP contribution in [0.5, 0.6) is 0 Å². The van der Waals surface area contributed by atoms with Gasteiger partial charge in [-0.15, -0.1) is 10.2 Å². The highest BCUT2D eigenvalue weighted by atomic mass is 32.1. The highest BCUT2D eigenvalue weighted by molar-refractivity contribution is 7.15. The summed E-state index contributed by atoms with van der Waals surface area (Å²) in [4.78, 5) is 10.5. The van der Waals surface area contributed by atoms with Gasteiger partial charge in [0, 0.05) is 6.54 Å². The molecule has 0 unspecified atom stereocenters. The number of hydrogen-bond acceptors (Lipinski definition) is 7. The van der Waals surface area contributed by atoms with Crippen LogP contribution in [0.3, 0.4) is 0 Å². The Morgan fingerprint density at radius 2 is 2.16 bits per heavy atom. The maximum absolute atomic E-state index is 10.9. The molecule has 0 amide bonds. The smallest absolute Gasteiger partial charge is 0.312 e. The van der Waals surface area contributed by atoms with E-state index in [9.17, 15) is 10.1 Å². The number of aryl methyl sites for hydroxylation is 1. The first-order valence-electron chi connectivity index (χ1n) is 5.77. The predicted molar refractivity (Wildman–Crippen MR) is 71.5 cm³/mol. The van der Waals surface area contributed by atoms with E-state index in [2.05, 4.69) is 20.6 Å². The number of nitrogens with zero attached hydrogens (tertiary/aromatic N) is 5. The second-order valence-electron chi connectivity index (χ2n) is 3.97. The van der Waals surface area contributed by atoms with Gasteiger partial charge in [-0.2, -0.15) is 5.10 Å². The van der Waals surface area contributed by atoms with Crippen molar-refractivity contribution in [3.05, 3.63) is 26.5 Å². The summed E-state index contributed by atoms with van der Waals surface area (Å²) in [6, 6.07) is 0. The zero-order valence-electron chi connectivity index (χ0n) is 10.9. The van der Waals surface area contributed by atoms with Gasteiger partial charge in [0.05, 0.1) is 11.5 Å². The van der Waals surface area contributed by atoms with Gasteiger partial charge in [-0.1, -0.05) is 11.3 Å². The Labute approximate surface area is 113 Å². The lowest BCUT2D eigenvalue weighted by molar-refractivity contribution is -0.386. The molecule has 8 nitrogen and oxygen atoms in total. The summed E-state index contributed by atoms with van der Waals surface area (Å²) >= 11 is 1.42. The van der Waals surface area contributed by atoms with E-state index in [-0.39, 0.29) is 5.69 Å². The van der Waals surface area contributed by atoms with Crippen molar-refractivity contribution < 1.29 is 4.92 Å². The van der Waals surface area contributed by atoms with Gasteiger partial charge in [-0.25, -0.2) is 0 Å². The van der Waals surface area contributed by atoms with Crippen LogP contribution < -0.4 is 5.32 Å². The Balaban J connectivity index is 2.23. The van der Waals surface area contributed by atoms with E-state index in [4.69, 9.17) is 0 Å². The Hall–Kier alpha value is -2.03. The van der Waals surface area contributed by atoms with Crippen molar-refractivity contribution in [3.8, 4) is 0 Å². The topological polar surface area (TPSA) is 98.8 Å². The zero-order chi connectivity index (χ0) is 14.0. The third-order valence-corrected chi connectivity index (χ3v) is 3.47. The molecule has 19 heavy (non-hydrogen) atoms. The van der Waals surface area contributed by atoms with Crippen molar-refractivity contribution >= 4 is 22.2 Å². The fourth-order valence-electron chi connectivity index (χ4n) is 1.77. The van der Waals surface area contributed by atoms with Crippen molar-refractivity contribution in [1.29, 1.82) is 0 Å². The molecule has 0 radical (unpaired) electrons. The van der Waals surface area contributed by atoms with E-state index < -0.39 is 4.92 Å². The molecule has 0 aliphatic carbocycles. The SMILES string of the molecule is CCNc1nnc(Cn2nc(C)c([N+](=O)[O-])c2C)s1. The molecular formula is C10H14N6O2S. The van der Waals surface area contributed by atoms with Gasteiger partial charge >= 0.3 is 5.69 Å². The second kappa shape index (κ2) is 5.31. The summed E-state index contributed by atoms with van der Waals surface area (Å²) in [7, 11) is 0. The standard InChI is InChI=1S/C10H14N6O2S/c1-4-11-10-13-12-8(19-10)5-15-7(3)9(16(17)18)6(2)14-15/h4-5H2,1-3H3,(H,11,13). The number of hydrogen-bond donors (Lipinski definition) is 1. The lowest BCUT2D eigenvalue weighted by atomic mass is 10.3. The van der Waals surface area contributed by atoms with Crippen molar-refractivity contribution in [2.24, 2.45) is 0 Å². The van der Waals surface area contributed by atoms with Gasteiger partial charge < -0.3 is 5.32 Å². The van der Waals surface area contributed by atoms with Crippen LogP contribution in [0.1, 0.15) is 23.3 Å². The quantitative estimate of drug-likeness (QED) is 0.662. The summed E-state index contributed by atoms with van der Waals surface area (Å²) in [5.41, 5.74) is 1.01. The van der Waals surface area contributed by atoms with Crippen molar-refractivity contribution in [3.63, 3.8) is 0 Å². The maximum atomic E-state index is 10.9. The minimum atomic E-state index is -0.404. The number of rotatable bonds is 5. The van der Waals surface area contributed by atoms with Gasteiger partial charge in [0.25, 0.3) is 0 Å². The van der Waals surface area contributed by atoms with Crippen LogP contribution in [0.4, 0.5) is 10.8 Å². The average molecular weight is 282 g/mol. The maximum Gasteiger partial charge on any atom is 0.312 e.